The Morgan fingerprint density at radius 2 is 2.05 bits per heavy atom. The van der Waals surface area contributed by atoms with Crippen LogP contribution >= 0.6 is 0 Å². The Hall–Kier alpha value is -1.35. The van der Waals surface area contributed by atoms with Gasteiger partial charge in [-0.1, -0.05) is 6.42 Å². The quantitative estimate of drug-likeness (QED) is 0.899. The van der Waals surface area contributed by atoms with E-state index in [2.05, 4.69) is 15.9 Å². The minimum absolute atomic E-state index is 0.248. The summed E-state index contributed by atoms with van der Waals surface area (Å²) in [5, 5.41) is 19.4. The zero-order chi connectivity index (χ0) is 14.8. The third-order valence-electron chi connectivity index (χ3n) is 4.78. The summed E-state index contributed by atoms with van der Waals surface area (Å²) in [5.41, 5.74) is 1.85. The third kappa shape index (κ3) is 3.13. The number of aliphatic hydroxyl groups excluding tert-OH is 1. The van der Waals surface area contributed by atoms with Gasteiger partial charge >= 0.3 is 0 Å². The number of piperidine rings is 1. The van der Waals surface area contributed by atoms with Crippen molar-refractivity contribution in [3.05, 3.63) is 23.5 Å². The molecule has 0 radical (unpaired) electrons. The molecule has 2 aliphatic rings. The largest absolute Gasteiger partial charge is 0.390 e. The fourth-order valence-corrected chi connectivity index (χ4v) is 3.67. The highest BCUT2D eigenvalue weighted by Crippen LogP contribution is 2.22. The highest BCUT2D eigenvalue weighted by Gasteiger charge is 2.35. The van der Waals surface area contributed by atoms with Crippen LogP contribution in [0, 0.1) is 11.3 Å². The summed E-state index contributed by atoms with van der Waals surface area (Å²) >= 11 is 0. The molecule has 5 heteroatoms. The zero-order valence-corrected chi connectivity index (χ0v) is 12.7. The van der Waals surface area contributed by atoms with Gasteiger partial charge in [0.2, 0.25) is 0 Å². The number of hydrogen-bond donors (Lipinski definition) is 1. The summed E-state index contributed by atoms with van der Waals surface area (Å²) in [6.07, 6.45) is 5.60. The number of aliphatic hydroxyl groups is 1. The SMILES string of the molecule is Cn1cc(CN2C[C@H](O)[C@@H](N3CCCCC3)C2)cc1C#N. The second-order valence-electron chi connectivity index (χ2n) is 6.38. The first kappa shape index (κ1) is 14.6. The summed E-state index contributed by atoms with van der Waals surface area (Å²) in [6, 6.07) is 4.42. The third-order valence-corrected chi connectivity index (χ3v) is 4.78. The molecule has 0 spiro atoms. The molecule has 2 atom stereocenters. The number of hydrogen-bond acceptors (Lipinski definition) is 4. The van der Waals surface area contributed by atoms with E-state index in [-0.39, 0.29) is 12.1 Å². The predicted octanol–water partition coefficient (Wildman–Crippen LogP) is 0.928. The average molecular weight is 288 g/mol. The Bertz CT molecular complexity index is 527. The van der Waals surface area contributed by atoms with E-state index in [0.717, 1.165) is 38.3 Å². The van der Waals surface area contributed by atoms with E-state index in [1.165, 1.54) is 19.3 Å². The second kappa shape index (κ2) is 6.18. The minimum Gasteiger partial charge on any atom is -0.390 e. The maximum absolute atomic E-state index is 10.4. The van der Waals surface area contributed by atoms with Crippen molar-refractivity contribution in [2.24, 2.45) is 7.05 Å². The molecule has 0 aromatic carbocycles. The Morgan fingerprint density at radius 1 is 1.29 bits per heavy atom. The minimum atomic E-state index is -0.248. The molecule has 0 aliphatic carbocycles. The normalized spacial score (nSPS) is 27.9. The summed E-state index contributed by atoms with van der Waals surface area (Å²) < 4.78 is 1.87. The lowest BCUT2D eigenvalue weighted by Crippen LogP contribution is -2.45. The van der Waals surface area contributed by atoms with Crippen molar-refractivity contribution in [1.29, 1.82) is 5.26 Å². The Balaban J connectivity index is 1.61. The fraction of sp³-hybridized carbons (Fsp3) is 0.688. The Kier molecular flexibility index (Phi) is 4.29. The molecule has 0 unspecified atom stereocenters. The van der Waals surface area contributed by atoms with Crippen LogP contribution in [0.15, 0.2) is 12.3 Å². The van der Waals surface area contributed by atoms with Crippen LogP contribution in [-0.2, 0) is 13.6 Å². The molecule has 3 heterocycles. The number of nitriles is 1. The van der Waals surface area contributed by atoms with E-state index in [1.54, 1.807) is 0 Å². The van der Waals surface area contributed by atoms with Gasteiger partial charge < -0.3 is 9.67 Å². The van der Waals surface area contributed by atoms with Gasteiger partial charge in [-0.15, -0.1) is 0 Å². The van der Waals surface area contributed by atoms with Gasteiger partial charge in [0, 0.05) is 38.9 Å². The molecule has 1 aromatic heterocycles. The zero-order valence-electron chi connectivity index (χ0n) is 12.7. The van der Waals surface area contributed by atoms with E-state index in [9.17, 15) is 5.11 Å². The van der Waals surface area contributed by atoms with Crippen LogP contribution in [0.3, 0.4) is 0 Å². The first-order valence-electron chi connectivity index (χ1n) is 7.87. The molecule has 5 nitrogen and oxygen atoms in total. The van der Waals surface area contributed by atoms with E-state index >= 15 is 0 Å². The van der Waals surface area contributed by atoms with Gasteiger partial charge in [-0.05, 0) is 37.6 Å². The molecule has 21 heavy (non-hydrogen) atoms. The van der Waals surface area contributed by atoms with Gasteiger partial charge in [0.1, 0.15) is 11.8 Å². The molecule has 1 aromatic rings. The van der Waals surface area contributed by atoms with Crippen LogP contribution in [0.4, 0.5) is 0 Å². The van der Waals surface area contributed by atoms with Gasteiger partial charge in [0.25, 0.3) is 0 Å². The number of β-amino-alcohol motifs (C(OH)–C–C–N with tert-alkyl or cyclic N) is 1. The highest BCUT2D eigenvalue weighted by molar-refractivity contribution is 5.28. The monoisotopic (exact) mass is 288 g/mol. The molecular weight excluding hydrogens is 264 g/mol. The summed E-state index contributed by atoms with van der Waals surface area (Å²) in [5.74, 6) is 0. The lowest BCUT2D eigenvalue weighted by Gasteiger charge is -2.33. The number of rotatable bonds is 3. The summed E-state index contributed by atoms with van der Waals surface area (Å²) in [4.78, 5) is 4.76. The Labute approximate surface area is 126 Å². The van der Waals surface area contributed by atoms with Crippen molar-refractivity contribution in [2.75, 3.05) is 26.2 Å². The molecule has 2 aliphatic heterocycles. The molecule has 114 valence electrons. The standard InChI is InChI=1S/C16H24N4O/c1-18-9-13(7-14(18)8-17)10-19-11-15(16(21)12-19)20-5-3-2-4-6-20/h7,9,15-16,21H,2-6,10-12H2,1H3/t15-,16-/m0/s1. The van der Waals surface area contributed by atoms with Crippen LogP contribution in [0.2, 0.25) is 0 Å². The van der Waals surface area contributed by atoms with Crippen LogP contribution in [-0.4, -0.2) is 57.8 Å². The first-order valence-corrected chi connectivity index (χ1v) is 7.87. The van der Waals surface area contributed by atoms with Gasteiger partial charge in [-0.2, -0.15) is 5.26 Å². The first-order chi connectivity index (χ1) is 10.2. The van der Waals surface area contributed by atoms with Crippen LogP contribution in [0.25, 0.3) is 0 Å². The maximum Gasteiger partial charge on any atom is 0.120 e. The number of aryl methyl sites for hydroxylation is 1. The molecule has 0 saturated carbocycles. The molecule has 1 N–H and O–H groups in total. The second-order valence-corrected chi connectivity index (χ2v) is 6.38. The number of likely N-dealkylation sites (tertiary alicyclic amines) is 2. The van der Waals surface area contributed by atoms with Crippen molar-refractivity contribution < 1.29 is 5.11 Å². The molecular formula is C16H24N4O. The maximum atomic E-state index is 10.4. The molecule has 0 bridgehead atoms. The number of nitrogens with zero attached hydrogens (tertiary/aromatic N) is 4. The van der Waals surface area contributed by atoms with Crippen LogP contribution < -0.4 is 0 Å². The molecule has 3 rings (SSSR count). The smallest absolute Gasteiger partial charge is 0.120 e. The lowest BCUT2D eigenvalue weighted by molar-refractivity contribution is 0.0706. The van der Waals surface area contributed by atoms with Crippen LogP contribution in [0.1, 0.15) is 30.5 Å². The molecule has 2 saturated heterocycles. The average Bonchev–Trinajstić information content (AvgIpc) is 3.02. The highest BCUT2D eigenvalue weighted by atomic mass is 16.3. The van der Waals surface area contributed by atoms with Gasteiger partial charge in [0.05, 0.1) is 6.10 Å². The van der Waals surface area contributed by atoms with Crippen molar-refractivity contribution in [3.63, 3.8) is 0 Å². The predicted molar refractivity (Wildman–Crippen MR) is 80.6 cm³/mol. The van der Waals surface area contributed by atoms with E-state index in [4.69, 9.17) is 5.26 Å². The van der Waals surface area contributed by atoms with Crippen molar-refractivity contribution in [2.45, 2.75) is 38.0 Å². The van der Waals surface area contributed by atoms with E-state index in [0.29, 0.717) is 5.69 Å². The van der Waals surface area contributed by atoms with Gasteiger partial charge in [-0.3, -0.25) is 9.80 Å². The summed E-state index contributed by atoms with van der Waals surface area (Å²) in [6.45, 7) is 4.73. The molecule has 2 fully saturated rings. The fourth-order valence-electron chi connectivity index (χ4n) is 3.67. The summed E-state index contributed by atoms with van der Waals surface area (Å²) in [7, 11) is 1.90. The topological polar surface area (TPSA) is 55.4 Å². The molecule has 0 amide bonds. The van der Waals surface area contributed by atoms with Crippen molar-refractivity contribution >= 4 is 0 Å². The van der Waals surface area contributed by atoms with Crippen LogP contribution in [0.5, 0.6) is 0 Å². The lowest BCUT2D eigenvalue weighted by atomic mass is 10.1. The van der Waals surface area contributed by atoms with Gasteiger partial charge in [-0.25, -0.2) is 0 Å². The van der Waals surface area contributed by atoms with Crippen molar-refractivity contribution in [3.8, 4) is 6.07 Å². The van der Waals surface area contributed by atoms with Gasteiger partial charge in [0.15, 0.2) is 0 Å². The Morgan fingerprint density at radius 3 is 2.71 bits per heavy atom. The van der Waals surface area contributed by atoms with E-state index in [1.807, 2.05) is 23.9 Å². The number of aromatic nitrogens is 1. The van der Waals surface area contributed by atoms with E-state index < -0.39 is 0 Å². The van der Waals surface area contributed by atoms with Crippen molar-refractivity contribution in [1.82, 2.24) is 14.4 Å².